The molecule has 2 fully saturated rings. The summed E-state index contributed by atoms with van der Waals surface area (Å²) < 4.78 is 21.1. The second kappa shape index (κ2) is 10.3. The highest BCUT2D eigenvalue weighted by Crippen LogP contribution is 2.39. The van der Waals surface area contributed by atoms with E-state index in [-0.39, 0.29) is 16.7 Å². The Bertz CT molecular complexity index is 1220. The number of ether oxygens (including phenoxy) is 1. The predicted molar refractivity (Wildman–Crippen MR) is 144 cm³/mol. The van der Waals surface area contributed by atoms with Crippen LogP contribution < -0.4 is 20.9 Å². The molecule has 2 aliphatic rings. The summed E-state index contributed by atoms with van der Waals surface area (Å²) in [7, 11) is 2.12. The van der Waals surface area contributed by atoms with Gasteiger partial charge in [0.05, 0.1) is 30.3 Å². The van der Waals surface area contributed by atoms with Gasteiger partial charge < -0.3 is 25.6 Å². The quantitative estimate of drug-likeness (QED) is 0.471. The second-order valence-electron chi connectivity index (χ2n) is 9.28. The van der Waals surface area contributed by atoms with Crippen LogP contribution in [-0.2, 0) is 4.74 Å². The minimum Gasteiger partial charge on any atom is -0.393 e. The SMILES string of the molecule is C[C@@H]1CN(c2cc(F)c(-c3csc(N4CCOCC4)n3)cc2Nc2ncnc(Cl)c2N)C[C@H](C)N1C. The van der Waals surface area contributed by atoms with Gasteiger partial charge in [-0.3, -0.25) is 4.90 Å². The van der Waals surface area contributed by atoms with Crippen LogP contribution in [0.25, 0.3) is 11.3 Å². The third kappa shape index (κ3) is 4.93. The maximum Gasteiger partial charge on any atom is 0.186 e. The number of nitrogens with zero attached hydrogens (tertiary/aromatic N) is 6. The van der Waals surface area contributed by atoms with Crippen molar-refractivity contribution in [3.8, 4) is 11.3 Å². The minimum atomic E-state index is -0.331. The summed E-state index contributed by atoms with van der Waals surface area (Å²) in [5, 5.41) is 6.21. The van der Waals surface area contributed by atoms with Crippen LogP contribution in [0.15, 0.2) is 23.8 Å². The molecule has 0 bridgehead atoms. The van der Waals surface area contributed by atoms with Crippen LogP contribution in [0, 0.1) is 5.82 Å². The van der Waals surface area contributed by atoms with Crippen molar-refractivity contribution in [3.63, 3.8) is 0 Å². The number of morpholine rings is 1. The molecule has 4 heterocycles. The number of likely N-dealkylation sites (N-methyl/N-ethyl adjacent to an activating group) is 1. The summed E-state index contributed by atoms with van der Waals surface area (Å²) in [6, 6.07) is 3.97. The first-order valence-electron chi connectivity index (χ1n) is 11.9. The molecule has 0 amide bonds. The second-order valence-corrected chi connectivity index (χ2v) is 10.5. The van der Waals surface area contributed by atoms with Crippen LogP contribution in [0.2, 0.25) is 5.15 Å². The van der Waals surface area contributed by atoms with Gasteiger partial charge in [0.15, 0.2) is 16.1 Å². The van der Waals surface area contributed by atoms with E-state index in [9.17, 15) is 0 Å². The highest BCUT2D eigenvalue weighted by Gasteiger charge is 2.29. The Morgan fingerprint density at radius 3 is 2.58 bits per heavy atom. The van der Waals surface area contributed by atoms with Crippen LogP contribution in [0.4, 0.5) is 32.4 Å². The Labute approximate surface area is 219 Å². The molecule has 5 rings (SSSR count). The Morgan fingerprint density at radius 2 is 1.86 bits per heavy atom. The Hall–Kier alpha value is -2.73. The first kappa shape index (κ1) is 24.9. The highest BCUT2D eigenvalue weighted by atomic mass is 35.5. The molecule has 0 saturated carbocycles. The number of aromatic nitrogens is 3. The van der Waals surface area contributed by atoms with E-state index in [1.165, 1.54) is 17.7 Å². The number of thiazole rings is 1. The number of hydrogen-bond acceptors (Lipinski definition) is 10. The number of halogens is 2. The number of nitrogens with two attached hydrogens (primary N) is 1. The molecular formula is C24H30ClFN8OS. The van der Waals surface area contributed by atoms with Crippen LogP contribution in [0.1, 0.15) is 13.8 Å². The maximum atomic E-state index is 15.7. The minimum absolute atomic E-state index is 0.160. The normalized spacial score (nSPS) is 21.1. The molecule has 0 aliphatic carbocycles. The lowest BCUT2D eigenvalue weighted by atomic mass is 10.0. The van der Waals surface area contributed by atoms with Crippen molar-refractivity contribution in [1.29, 1.82) is 0 Å². The molecule has 2 aromatic heterocycles. The average Bonchev–Trinajstić information content (AvgIpc) is 3.36. The van der Waals surface area contributed by atoms with Gasteiger partial charge in [-0.2, -0.15) is 0 Å². The Balaban J connectivity index is 1.55. The van der Waals surface area contributed by atoms with Crippen molar-refractivity contribution in [1.82, 2.24) is 19.9 Å². The van der Waals surface area contributed by atoms with Gasteiger partial charge in [0.2, 0.25) is 0 Å². The van der Waals surface area contributed by atoms with Crippen LogP contribution >= 0.6 is 22.9 Å². The fraction of sp³-hybridized carbons (Fsp3) is 0.458. The fourth-order valence-corrected chi connectivity index (χ4v) is 5.62. The molecule has 36 heavy (non-hydrogen) atoms. The summed E-state index contributed by atoms with van der Waals surface area (Å²) in [6.45, 7) is 8.73. The van der Waals surface area contributed by atoms with Gasteiger partial charge in [0.25, 0.3) is 0 Å². The number of anilines is 5. The molecule has 3 N–H and O–H groups in total. The van der Waals surface area contributed by atoms with Gasteiger partial charge in [-0.1, -0.05) is 11.6 Å². The van der Waals surface area contributed by atoms with E-state index in [0.29, 0.717) is 48.1 Å². The van der Waals surface area contributed by atoms with Crippen LogP contribution in [0.3, 0.4) is 0 Å². The first-order chi connectivity index (χ1) is 17.3. The van der Waals surface area contributed by atoms with Gasteiger partial charge in [-0.15, -0.1) is 11.3 Å². The number of benzene rings is 1. The zero-order chi connectivity index (χ0) is 25.4. The predicted octanol–water partition coefficient (Wildman–Crippen LogP) is 4.08. The lowest BCUT2D eigenvalue weighted by molar-refractivity contribution is 0.122. The molecule has 9 nitrogen and oxygen atoms in total. The zero-order valence-electron chi connectivity index (χ0n) is 20.5. The number of nitrogens with one attached hydrogen (secondary N) is 1. The van der Waals surface area contributed by atoms with E-state index in [4.69, 9.17) is 27.1 Å². The highest BCUT2D eigenvalue weighted by molar-refractivity contribution is 7.14. The van der Waals surface area contributed by atoms with E-state index in [2.05, 4.69) is 50.9 Å². The summed E-state index contributed by atoms with van der Waals surface area (Å²) in [5.41, 5.74) is 8.79. The smallest absolute Gasteiger partial charge is 0.186 e. The maximum absolute atomic E-state index is 15.7. The van der Waals surface area contributed by atoms with Crippen molar-refractivity contribution in [3.05, 3.63) is 34.8 Å². The van der Waals surface area contributed by atoms with E-state index < -0.39 is 0 Å². The summed E-state index contributed by atoms with van der Waals surface area (Å²) >= 11 is 7.64. The summed E-state index contributed by atoms with van der Waals surface area (Å²) in [6.07, 6.45) is 1.35. The zero-order valence-corrected chi connectivity index (χ0v) is 22.1. The molecule has 0 radical (unpaired) electrons. The molecule has 0 unspecified atom stereocenters. The average molecular weight is 533 g/mol. The van der Waals surface area contributed by atoms with E-state index >= 15 is 4.39 Å². The third-order valence-corrected chi connectivity index (χ3v) is 8.13. The number of hydrogen-bond donors (Lipinski definition) is 2. The molecule has 0 spiro atoms. The van der Waals surface area contributed by atoms with Crippen LogP contribution in [0.5, 0.6) is 0 Å². The first-order valence-corrected chi connectivity index (χ1v) is 13.2. The van der Waals surface area contributed by atoms with Crippen LogP contribution in [-0.4, -0.2) is 78.4 Å². The van der Waals surface area contributed by atoms with Crippen molar-refractivity contribution in [2.75, 3.05) is 67.3 Å². The van der Waals surface area contributed by atoms with Crippen molar-refractivity contribution < 1.29 is 9.13 Å². The topological polar surface area (TPSA) is 95.7 Å². The summed E-state index contributed by atoms with van der Waals surface area (Å²) in [4.78, 5) is 19.7. The van der Waals surface area contributed by atoms with Gasteiger partial charge in [0, 0.05) is 49.2 Å². The molecule has 2 aliphatic heterocycles. The lowest BCUT2D eigenvalue weighted by Gasteiger charge is -2.44. The lowest BCUT2D eigenvalue weighted by Crippen LogP contribution is -2.55. The van der Waals surface area contributed by atoms with Gasteiger partial charge >= 0.3 is 0 Å². The third-order valence-electron chi connectivity index (χ3n) is 6.92. The molecular weight excluding hydrogens is 503 g/mol. The molecule has 192 valence electrons. The van der Waals surface area contributed by atoms with Crippen molar-refractivity contribution in [2.45, 2.75) is 25.9 Å². The van der Waals surface area contributed by atoms with Crippen molar-refractivity contribution >= 4 is 50.9 Å². The fourth-order valence-electron chi connectivity index (χ4n) is 4.61. The Morgan fingerprint density at radius 1 is 1.14 bits per heavy atom. The molecule has 2 saturated heterocycles. The molecule has 1 aromatic carbocycles. The van der Waals surface area contributed by atoms with E-state index in [1.807, 2.05) is 5.38 Å². The monoisotopic (exact) mass is 532 g/mol. The van der Waals surface area contributed by atoms with E-state index in [0.717, 1.165) is 37.0 Å². The Kier molecular flexibility index (Phi) is 7.16. The van der Waals surface area contributed by atoms with E-state index in [1.54, 1.807) is 12.1 Å². The number of rotatable bonds is 5. The molecule has 12 heteroatoms. The van der Waals surface area contributed by atoms with Gasteiger partial charge in [-0.25, -0.2) is 19.3 Å². The van der Waals surface area contributed by atoms with Gasteiger partial charge in [0.1, 0.15) is 17.8 Å². The summed E-state index contributed by atoms with van der Waals surface area (Å²) in [5.74, 6) is 0.0404. The van der Waals surface area contributed by atoms with Gasteiger partial charge in [-0.05, 0) is 33.0 Å². The van der Waals surface area contributed by atoms with Crippen molar-refractivity contribution in [2.24, 2.45) is 0 Å². The number of nitrogen functional groups attached to an aromatic ring is 1. The molecule has 3 aromatic rings. The number of piperazine rings is 1. The standard InChI is InChI=1S/C24H30ClFN8OS/c1-14-10-34(11-15(2)32(14)3)20-9-17(26)16(8-18(20)30-23-21(27)22(25)28-13-29-23)19-12-36-24(31-19)33-4-6-35-7-5-33/h8-9,12-15H,4-7,10-11,27H2,1-3H3,(H,28,29,30)/t14-,15+. The largest absolute Gasteiger partial charge is 0.393 e. The molecule has 2 atom stereocenters.